The summed E-state index contributed by atoms with van der Waals surface area (Å²) >= 11 is 7.43. The fraction of sp³-hybridized carbons (Fsp3) is 0.636. The van der Waals surface area contributed by atoms with Gasteiger partial charge in [-0.2, -0.15) is 0 Å². The molecule has 3 nitrogen and oxygen atoms in total. The maximum atomic E-state index is 5.81. The number of nitrogens with one attached hydrogen (secondary N) is 1. The lowest BCUT2D eigenvalue weighted by Crippen LogP contribution is -2.34. The molecule has 0 saturated carbocycles. The predicted molar refractivity (Wildman–Crippen MR) is 71.5 cm³/mol. The van der Waals surface area contributed by atoms with Gasteiger partial charge in [-0.3, -0.25) is 0 Å². The lowest BCUT2D eigenvalue weighted by atomic mass is 9.95. The SMILES string of the molecule is CCC(C)(CCCl)Nc1cc(SC)ncn1. The molecule has 0 aliphatic rings. The topological polar surface area (TPSA) is 37.8 Å². The van der Waals surface area contributed by atoms with Crippen LogP contribution in [-0.4, -0.2) is 27.6 Å². The summed E-state index contributed by atoms with van der Waals surface area (Å²) in [6.45, 7) is 4.31. The molecule has 0 radical (unpaired) electrons. The quantitative estimate of drug-likeness (QED) is 0.483. The molecule has 90 valence electrons. The fourth-order valence-electron chi connectivity index (χ4n) is 1.36. The molecule has 16 heavy (non-hydrogen) atoms. The van der Waals surface area contributed by atoms with Gasteiger partial charge in [0.1, 0.15) is 17.2 Å². The van der Waals surface area contributed by atoms with E-state index in [-0.39, 0.29) is 5.54 Å². The highest BCUT2D eigenvalue weighted by Crippen LogP contribution is 2.22. The van der Waals surface area contributed by atoms with Crippen molar-refractivity contribution in [2.45, 2.75) is 37.3 Å². The normalized spacial score (nSPS) is 14.5. The standard InChI is InChI=1S/C11H18ClN3S/c1-4-11(2,5-6-12)15-9-7-10(16-3)14-8-13-9/h7-8H,4-6H2,1-3H3,(H,13,14,15). The zero-order valence-corrected chi connectivity index (χ0v) is 11.5. The molecule has 1 heterocycles. The third-order valence-electron chi connectivity index (χ3n) is 2.71. The number of hydrogen-bond donors (Lipinski definition) is 1. The monoisotopic (exact) mass is 259 g/mol. The highest BCUT2D eigenvalue weighted by molar-refractivity contribution is 7.98. The van der Waals surface area contributed by atoms with Gasteiger partial charge in [0, 0.05) is 17.5 Å². The van der Waals surface area contributed by atoms with Crippen molar-refractivity contribution in [2.75, 3.05) is 17.5 Å². The van der Waals surface area contributed by atoms with Gasteiger partial charge in [-0.05, 0) is 26.0 Å². The van der Waals surface area contributed by atoms with Crippen LogP contribution in [0.2, 0.25) is 0 Å². The van der Waals surface area contributed by atoms with E-state index in [1.54, 1.807) is 18.1 Å². The van der Waals surface area contributed by atoms with Gasteiger partial charge in [-0.1, -0.05) is 6.92 Å². The summed E-state index contributed by atoms with van der Waals surface area (Å²) in [6.07, 6.45) is 5.52. The Kier molecular flexibility index (Phi) is 5.35. The van der Waals surface area contributed by atoms with Crippen LogP contribution in [0.5, 0.6) is 0 Å². The first-order valence-corrected chi connectivity index (χ1v) is 7.09. The number of thioether (sulfide) groups is 1. The van der Waals surface area contributed by atoms with Crippen LogP contribution in [0.1, 0.15) is 26.7 Å². The van der Waals surface area contributed by atoms with E-state index in [1.165, 1.54) is 0 Å². The first kappa shape index (κ1) is 13.6. The van der Waals surface area contributed by atoms with Crippen molar-refractivity contribution in [3.63, 3.8) is 0 Å². The van der Waals surface area contributed by atoms with Gasteiger partial charge in [0.25, 0.3) is 0 Å². The van der Waals surface area contributed by atoms with Gasteiger partial charge >= 0.3 is 0 Å². The minimum Gasteiger partial charge on any atom is -0.365 e. The molecule has 0 fully saturated rings. The summed E-state index contributed by atoms with van der Waals surface area (Å²) in [5, 5.41) is 4.41. The van der Waals surface area contributed by atoms with E-state index in [1.807, 2.05) is 12.3 Å². The van der Waals surface area contributed by atoms with Crippen molar-refractivity contribution in [3.8, 4) is 0 Å². The maximum Gasteiger partial charge on any atom is 0.130 e. The summed E-state index contributed by atoms with van der Waals surface area (Å²) in [4.78, 5) is 8.37. The minimum atomic E-state index is 0.00574. The van der Waals surface area contributed by atoms with Crippen LogP contribution < -0.4 is 5.32 Å². The van der Waals surface area contributed by atoms with E-state index >= 15 is 0 Å². The molecule has 1 rings (SSSR count). The maximum absolute atomic E-state index is 5.81. The van der Waals surface area contributed by atoms with Crippen molar-refractivity contribution in [2.24, 2.45) is 0 Å². The first-order valence-electron chi connectivity index (χ1n) is 5.33. The molecule has 0 aliphatic heterocycles. The van der Waals surface area contributed by atoms with Crippen LogP contribution in [0.3, 0.4) is 0 Å². The average molecular weight is 260 g/mol. The number of aromatic nitrogens is 2. The Morgan fingerprint density at radius 1 is 1.50 bits per heavy atom. The second-order valence-electron chi connectivity index (χ2n) is 3.92. The Labute approximate surface area is 106 Å². The molecule has 0 spiro atoms. The predicted octanol–water partition coefficient (Wildman–Crippen LogP) is 3.41. The van der Waals surface area contributed by atoms with E-state index in [4.69, 9.17) is 11.6 Å². The molecule has 1 atom stereocenters. The van der Waals surface area contributed by atoms with Gasteiger partial charge in [0.2, 0.25) is 0 Å². The molecule has 1 aromatic heterocycles. The van der Waals surface area contributed by atoms with Crippen LogP contribution in [-0.2, 0) is 0 Å². The van der Waals surface area contributed by atoms with Crippen LogP contribution in [0.4, 0.5) is 5.82 Å². The third kappa shape index (κ3) is 3.83. The van der Waals surface area contributed by atoms with Crippen molar-refractivity contribution in [3.05, 3.63) is 12.4 Å². The van der Waals surface area contributed by atoms with Crippen LogP contribution in [0.15, 0.2) is 17.4 Å². The Morgan fingerprint density at radius 3 is 2.81 bits per heavy atom. The molecule has 1 unspecified atom stereocenters. The molecular weight excluding hydrogens is 242 g/mol. The first-order chi connectivity index (χ1) is 7.63. The second-order valence-corrected chi connectivity index (χ2v) is 5.13. The second kappa shape index (κ2) is 6.30. The van der Waals surface area contributed by atoms with E-state index in [0.29, 0.717) is 5.88 Å². The molecule has 1 aromatic rings. The van der Waals surface area contributed by atoms with E-state index < -0.39 is 0 Å². The Balaban J connectivity index is 2.77. The highest BCUT2D eigenvalue weighted by atomic mass is 35.5. The Morgan fingerprint density at radius 2 is 2.25 bits per heavy atom. The van der Waals surface area contributed by atoms with E-state index in [9.17, 15) is 0 Å². The molecular formula is C11H18ClN3S. The summed E-state index contributed by atoms with van der Waals surface area (Å²) in [5.74, 6) is 1.52. The van der Waals surface area contributed by atoms with Gasteiger partial charge in [-0.25, -0.2) is 9.97 Å². The van der Waals surface area contributed by atoms with Crippen molar-refractivity contribution in [1.82, 2.24) is 9.97 Å². The largest absolute Gasteiger partial charge is 0.365 e. The molecule has 1 N–H and O–H groups in total. The third-order valence-corrected chi connectivity index (χ3v) is 3.54. The summed E-state index contributed by atoms with van der Waals surface area (Å²) in [5.41, 5.74) is 0.00574. The lowest BCUT2D eigenvalue weighted by Gasteiger charge is -2.29. The van der Waals surface area contributed by atoms with Crippen molar-refractivity contribution < 1.29 is 0 Å². The lowest BCUT2D eigenvalue weighted by molar-refractivity contribution is 0.479. The number of nitrogens with zero attached hydrogens (tertiary/aromatic N) is 2. The zero-order chi connectivity index (χ0) is 12.0. The van der Waals surface area contributed by atoms with Crippen LogP contribution >= 0.6 is 23.4 Å². The molecule has 0 amide bonds. The summed E-state index contributed by atoms with van der Waals surface area (Å²) in [6, 6.07) is 1.97. The molecule has 5 heteroatoms. The molecule has 0 aliphatic carbocycles. The molecule has 0 aromatic carbocycles. The summed E-state index contributed by atoms with van der Waals surface area (Å²) < 4.78 is 0. The number of anilines is 1. The van der Waals surface area contributed by atoms with Crippen LogP contribution in [0.25, 0.3) is 0 Å². The number of hydrogen-bond acceptors (Lipinski definition) is 4. The Bertz CT molecular complexity index is 335. The highest BCUT2D eigenvalue weighted by Gasteiger charge is 2.21. The van der Waals surface area contributed by atoms with Crippen molar-refractivity contribution >= 4 is 29.2 Å². The number of halogens is 1. The van der Waals surface area contributed by atoms with Gasteiger partial charge in [0.15, 0.2) is 0 Å². The van der Waals surface area contributed by atoms with Crippen LogP contribution in [0, 0.1) is 0 Å². The molecule has 0 bridgehead atoms. The minimum absolute atomic E-state index is 0.00574. The average Bonchev–Trinajstić information content (AvgIpc) is 2.29. The van der Waals surface area contributed by atoms with Gasteiger partial charge in [0.05, 0.1) is 0 Å². The van der Waals surface area contributed by atoms with E-state index in [2.05, 4.69) is 29.1 Å². The zero-order valence-electron chi connectivity index (χ0n) is 9.96. The number of alkyl halides is 1. The summed E-state index contributed by atoms with van der Waals surface area (Å²) in [7, 11) is 0. The van der Waals surface area contributed by atoms with Gasteiger partial charge < -0.3 is 5.32 Å². The molecule has 0 saturated heterocycles. The van der Waals surface area contributed by atoms with E-state index in [0.717, 1.165) is 23.7 Å². The fourth-order valence-corrected chi connectivity index (χ4v) is 2.16. The van der Waals surface area contributed by atoms with Crippen molar-refractivity contribution in [1.29, 1.82) is 0 Å². The van der Waals surface area contributed by atoms with Gasteiger partial charge in [-0.15, -0.1) is 23.4 Å². The smallest absolute Gasteiger partial charge is 0.130 e. The number of rotatable bonds is 6. The Hall–Kier alpha value is -0.480.